The number of ether oxygens (including phenoxy) is 1. The number of fused-ring (bicyclic) bond motifs is 1. The Balaban J connectivity index is 2.56. The van der Waals surface area contributed by atoms with Crippen LogP contribution in [-0.2, 0) is 6.54 Å². The average Bonchev–Trinajstić information content (AvgIpc) is 2.67. The van der Waals surface area contributed by atoms with Crippen molar-refractivity contribution in [1.82, 2.24) is 9.55 Å². The first-order valence-electron chi connectivity index (χ1n) is 5.94. The van der Waals surface area contributed by atoms with Gasteiger partial charge in [-0.05, 0) is 32.9 Å². The zero-order valence-corrected chi connectivity index (χ0v) is 11.2. The first-order valence-corrected chi connectivity index (χ1v) is 6.38. The Hall–Kier alpha value is -1.22. The predicted molar refractivity (Wildman–Crippen MR) is 70.8 cm³/mol. The molecule has 0 aliphatic carbocycles. The molecule has 1 heterocycles. The topological polar surface area (TPSA) is 27.1 Å². The molecule has 0 spiro atoms. The summed E-state index contributed by atoms with van der Waals surface area (Å²) in [7, 11) is 0. The predicted octanol–water partition coefficient (Wildman–Crippen LogP) is 3.75. The monoisotopic (exact) mass is 252 g/mol. The Morgan fingerprint density at radius 3 is 2.76 bits per heavy atom. The van der Waals surface area contributed by atoms with Gasteiger partial charge in [-0.1, -0.05) is 0 Å². The van der Waals surface area contributed by atoms with Crippen LogP contribution in [0.4, 0.5) is 0 Å². The second-order valence-electron chi connectivity index (χ2n) is 3.91. The number of hydrogen-bond donors (Lipinski definition) is 0. The highest BCUT2D eigenvalue weighted by Gasteiger charge is 2.14. The van der Waals surface area contributed by atoms with Crippen molar-refractivity contribution in [2.45, 2.75) is 32.7 Å². The van der Waals surface area contributed by atoms with E-state index in [9.17, 15) is 0 Å². The smallest absolute Gasteiger partial charge is 0.127 e. The van der Waals surface area contributed by atoms with E-state index in [0.29, 0.717) is 6.61 Å². The molecule has 2 aromatic rings. The molecular formula is C13H17ClN2O. The fraction of sp³-hybridized carbons (Fsp3) is 0.462. The van der Waals surface area contributed by atoms with Crippen molar-refractivity contribution in [1.29, 1.82) is 0 Å². The van der Waals surface area contributed by atoms with Gasteiger partial charge >= 0.3 is 0 Å². The number of rotatable bonds is 4. The van der Waals surface area contributed by atoms with Gasteiger partial charge in [-0.3, -0.25) is 0 Å². The summed E-state index contributed by atoms with van der Waals surface area (Å²) >= 11 is 6.14. The van der Waals surface area contributed by atoms with E-state index in [-0.39, 0.29) is 5.38 Å². The maximum Gasteiger partial charge on any atom is 0.127 e. The van der Waals surface area contributed by atoms with Crippen molar-refractivity contribution in [3.8, 4) is 5.75 Å². The fourth-order valence-electron chi connectivity index (χ4n) is 2.02. The van der Waals surface area contributed by atoms with Crippen LogP contribution in [0.25, 0.3) is 11.0 Å². The summed E-state index contributed by atoms with van der Waals surface area (Å²) in [6.07, 6.45) is 0. The van der Waals surface area contributed by atoms with Gasteiger partial charge < -0.3 is 9.30 Å². The van der Waals surface area contributed by atoms with Crippen molar-refractivity contribution < 1.29 is 4.74 Å². The Morgan fingerprint density at radius 1 is 1.41 bits per heavy atom. The second-order valence-corrected chi connectivity index (χ2v) is 4.57. The van der Waals surface area contributed by atoms with E-state index in [1.54, 1.807) is 0 Å². The van der Waals surface area contributed by atoms with Gasteiger partial charge in [-0.2, -0.15) is 0 Å². The molecule has 0 saturated carbocycles. The molecular weight excluding hydrogens is 236 g/mol. The van der Waals surface area contributed by atoms with Crippen LogP contribution in [0.15, 0.2) is 18.2 Å². The molecule has 0 radical (unpaired) electrons. The summed E-state index contributed by atoms with van der Waals surface area (Å²) in [5.41, 5.74) is 2.05. The number of imidazole rings is 1. The van der Waals surface area contributed by atoms with E-state index < -0.39 is 0 Å². The Kier molecular flexibility index (Phi) is 3.57. The zero-order chi connectivity index (χ0) is 12.4. The van der Waals surface area contributed by atoms with Crippen LogP contribution >= 0.6 is 11.6 Å². The summed E-state index contributed by atoms with van der Waals surface area (Å²) in [6.45, 7) is 7.55. The third-order valence-electron chi connectivity index (χ3n) is 2.73. The number of hydrogen-bond acceptors (Lipinski definition) is 2. The Bertz CT molecular complexity index is 519. The van der Waals surface area contributed by atoms with Crippen LogP contribution in [0.3, 0.4) is 0 Å². The van der Waals surface area contributed by atoms with Gasteiger partial charge in [0, 0.05) is 12.6 Å². The lowest BCUT2D eigenvalue weighted by Gasteiger charge is -2.07. The number of halogens is 1. The minimum absolute atomic E-state index is 0.0853. The van der Waals surface area contributed by atoms with Gasteiger partial charge in [0.2, 0.25) is 0 Å². The van der Waals surface area contributed by atoms with Gasteiger partial charge in [-0.15, -0.1) is 11.6 Å². The molecule has 0 aliphatic heterocycles. The molecule has 1 aromatic carbocycles. The van der Waals surface area contributed by atoms with Crippen molar-refractivity contribution in [2.75, 3.05) is 6.61 Å². The zero-order valence-electron chi connectivity index (χ0n) is 10.4. The van der Waals surface area contributed by atoms with Gasteiger partial charge in [0.25, 0.3) is 0 Å². The molecule has 0 bridgehead atoms. The molecule has 1 unspecified atom stereocenters. The number of alkyl halides is 1. The minimum Gasteiger partial charge on any atom is -0.494 e. The summed E-state index contributed by atoms with van der Waals surface area (Å²) in [5.74, 6) is 1.77. The SMILES string of the molecule is CCOc1ccc2c(c1)nc(C(C)Cl)n2CC. The van der Waals surface area contributed by atoms with Crippen LogP contribution in [-0.4, -0.2) is 16.2 Å². The lowest BCUT2D eigenvalue weighted by molar-refractivity contribution is 0.340. The Labute approximate surface area is 106 Å². The first kappa shape index (κ1) is 12.2. The van der Waals surface area contributed by atoms with E-state index >= 15 is 0 Å². The third-order valence-corrected chi connectivity index (χ3v) is 2.93. The van der Waals surface area contributed by atoms with Crippen LogP contribution in [0.1, 0.15) is 32.0 Å². The van der Waals surface area contributed by atoms with E-state index in [4.69, 9.17) is 16.3 Å². The van der Waals surface area contributed by atoms with Crippen LogP contribution in [0, 0.1) is 0 Å². The molecule has 1 aromatic heterocycles. The highest BCUT2D eigenvalue weighted by atomic mass is 35.5. The third kappa shape index (κ3) is 2.25. The normalized spacial score (nSPS) is 12.9. The number of aryl methyl sites for hydroxylation is 1. The van der Waals surface area contributed by atoms with Crippen molar-refractivity contribution >= 4 is 22.6 Å². The quantitative estimate of drug-likeness (QED) is 0.775. The summed E-state index contributed by atoms with van der Waals surface area (Å²) in [4.78, 5) is 4.58. The molecule has 4 heteroatoms. The number of nitrogens with zero attached hydrogens (tertiary/aromatic N) is 2. The van der Waals surface area contributed by atoms with Crippen LogP contribution in [0.5, 0.6) is 5.75 Å². The summed E-state index contributed by atoms with van der Waals surface area (Å²) in [6, 6.07) is 5.98. The first-order chi connectivity index (χ1) is 8.17. The maximum atomic E-state index is 6.14. The summed E-state index contributed by atoms with van der Waals surface area (Å²) in [5, 5.41) is -0.0853. The van der Waals surface area contributed by atoms with Crippen LogP contribution in [0.2, 0.25) is 0 Å². The average molecular weight is 253 g/mol. The van der Waals surface area contributed by atoms with Crippen molar-refractivity contribution in [3.05, 3.63) is 24.0 Å². The van der Waals surface area contributed by atoms with Gasteiger partial charge in [0.15, 0.2) is 0 Å². The largest absolute Gasteiger partial charge is 0.494 e. The fourth-order valence-corrected chi connectivity index (χ4v) is 2.19. The second kappa shape index (κ2) is 4.96. The van der Waals surface area contributed by atoms with Crippen molar-refractivity contribution in [2.24, 2.45) is 0 Å². The van der Waals surface area contributed by atoms with Crippen molar-refractivity contribution in [3.63, 3.8) is 0 Å². The van der Waals surface area contributed by atoms with E-state index in [0.717, 1.165) is 29.2 Å². The molecule has 0 N–H and O–H groups in total. The molecule has 0 fully saturated rings. The highest BCUT2D eigenvalue weighted by molar-refractivity contribution is 6.20. The lowest BCUT2D eigenvalue weighted by Crippen LogP contribution is -2.01. The van der Waals surface area contributed by atoms with Gasteiger partial charge in [0.1, 0.15) is 11.6 Å². The molecule has 0 aliphatic rings. The molecule has 1 atom stereocenters. The van der Waals surface area contributed by atoms with E-state index in [1.165, 1.54) is 0 Å². The number of aromatic nitrogens is 2. The lowest BCUT2D eigenvalue weighted by atomic mass is 10.3. The van der Waals surface area contributed by atoms with Gasteiger partial charge in [-0.25, -0.2) is 4.98 Å². The molecule has 3 nitrogen and oxygen atoms in total. The van der Waals surface area contributed by atoms with E-state index in [1.807, 2.05) is 32.0 Å². The number of benzene rings is 1. The molecule has 0 saturated heterocycles. The van der Waals surface area contributed by atoms with Crippen LogP contribution < -0.4 is 4.74 Å². The maximum absolute atomic E-state index is 6.14. The summed E-state index contributed by atoms with van der Waals surface area (Å²) < 4.78 is 7.62. The minimum atomic E-state index is -0.0853. The highest BCUT2D eigenvalue weighted by Crippen LogP contribution is 2.27. The molecule has 2 rings (SSSR count). The Morgan fingerprint density at radius 2 is 2.18 bits per heavy atom. The van der Waals surface area contributed by atoms with E-state index in [2.05, 4.69) is 16.5 Å². The van der Waals surface area contributed by atoms with Gasteiger partial charge in [0.05, 0.1) is 23.0 Å². The molecule has 92 valence electrons. The molecule has 17 heavy (non-hydrogen) atoms. The molecule has 0 amide bonds. The standard InChI is InChI=1S/C13H17ClN2O/c1-4-16-12-7-6-10(17-5-2)8-11(12)15-13(16)9(3)14/h6-9H,4-5H2,1-3H3.